The first kappa shape index (κ1) is 13.1. The number of carboxylic acids is 1. The highest BCUT2D eigenvalue weighted by Gasteiger charge is 2.07. The number of anilines is 2. The topological polar surface area (TPSA) is 62.2 Å². The lowest BCUT2D eigenvalue weighted by Crippen LogP contribution is -1.99. The van der Waals surface area contributed by atoms with Crippen molar-refractivity contribution in [1.29, 1.82) is 0 Å². The molecule has 4 nitrogen and oxygen atoms in total. The average Bonchev–Trinajstić information content (AvgIpc) is 2.48. The molecule has 0 aliphatic heterocycles. The molecule has 2 aromatic carbocycles. The van der Waals surface area contributed by atoms with Gasteiger partial charge in [0.15, 0.2) is 0 Å². The summed E-state index contributed by atoms with van der Waals surface area (Å²) in [6.45, 7) is 0. The molecule has 1 aromatic heterocycles. The van der Waals surface area contributed by atoms with Gasteiger partial charge in [-0.3, -0.25) is 0 Å². The summed E-state index contributed by atoms with van der Waals surface area (Å²) in [5.41, 5.74) is 0.755. The summed E-state index contributed by atoms with van der Waals surface area (Å²) in [6, 6.07) is 12.6. The van der Waals surface area contributed by atoms with Gasteiger partial charge in [-0.05, 0) is 41.8 Å². The number of hydrogen-bond acceptors (Lipinski definition) is 3. The molecule has 0 saturated carbocycles. The quantitative estimate of drug-likeness (QED) is 0.766. The Labute approximate surface area is 119 Å². The molecule has 21 heavy (non-hydrogen) atoms. The second-order valence-corrected chi connectivity index (χ2v) is 4.54. The first-order chi connectivity index (χ1) is 10.1. The zero-order valence-corrected chi connectivity index (χ0v) is 10.9. The monoisotopic (exact) mass is 282 g/mol. The smallest absolute Gasteiger partial charge is 0.335 e. The van der Waals surface area contributed by atoms with Crippen molar-refractivity contribution in [2.24, 2.45) is 0 Å². The number of halogens is 1. The lowest BCUT2D eigenvalue weighted by atomic mass is 10.1. The molecule has 0 spiro atoms. The first-order valence-corrected chi connectivity index (χ1v) is 6.28. The summed E-state index contributed by atoms with van der Waals surface area (Å²) in [7, 11) is 0. The van der Waals surface area contributed by atoms with E-state index < -0.39 is 5.97 Å². The number of carbonyl (C=O) groups is 1. The van der Waals surface area contributed by atoms with Crippen LogP contribution >= 0.6 is 0 Å². The number of nitrogens with one attached hydrogen (secondary N) is 1. The van der Waals surface area contributed by atoms with Crippen LogP contribution < -0.4 is 5.32 Å². The van der Waals surface area contributed by atoms with Crippen molar-refractivity contribution in [3.63, 3.8) is 0 Å². The predicted octanol–water partition coefficient (Wildman–Crippen LogP) is 3.82. The number of carboxylic acid groups (broad SMARTS) is 1. The van der Waals surface area contributed by atoms with Crippen LogP contribution in [0.5, 0.6) is 0 Å². The van der Waals surface area contributed by atoms with Crippen molar-refractivity contribution in [2.75, 3.05) is 5.32 Å². The summed E-state index contributed by atoms with van der Waals surface area (Å²) < 4.78 is 13.4. The lowest BCUT2D eigenvalue weighted by Gasteiger charge is -2.09. The maximum Gasteiger partial charge on any atom is 0.335 e. The molecular formula is C16H11FN2O2. The van der Waals surface area contributed by atoms with Gasteiger partial charge in [0, 0.05) is 17.3 Å². The molecular weight excluding hydrogens is 271 g/mol. The SMILES string of the molecule is O=C(O)c1cccc(Nc2nccc3ccc(F)cc23)c1. The zero-order chi connectivity index (χ0) is 14.8. The van der Waals surface area contributed by atoms with Crippen LogP contribution in [0, 0.1) is 5.82 Å². The minimum Gasteiger partial charge on any atom is -0.478 e. The van der Waals surface area contributed by atoms with Gasteiger partial charge in [-0.2, -0.15) is 0 Å². The molecule has 3 aromatic rings. The maximum atomic E-state index is 13.4. The van der Waals surface area contributed by atoms with E-state index in [9.17, 15) is 9.18 Å². The minimum absolute atomic E-state index is 0.173. The number of benzene rings is 2. The molecule has 0 aliphatic rings. The van der Waals surface area contributed by atoms with Crippen molar-refractivity contribution in [3.05, 3.63) is 66.1 Å². The molecule has 0 bridgehead atoms. The van der Waals surface area contributed by atoms with E-state index in [0.717, 1.165) is 5.39 Å². The molecule has 2 N–H and O–H groups in total. The van der Waals surface area contributed by atoms with Crippen molar-refractivity contribution in [1.82, 2.24) is 4.98 Å². The first-order valence-electron chi connectivity index (χ1n) is 6.28. The molecule has 0 saturated heterocycles. The van der Waals surface area contributed by atoms with Crippen molar-refractivity contribution in [2.45, 2.75) is 0 Å². The van der Waals surface area contributed by atoms with Crippen molar-refractivity contribution in [3.8, 4) is 0 Å². The largest absolute Gasteiger partial charge is 0.478 e. The molecule has 0 atom stereocenters. The van der Waals surface area contributed by atoms with E-state index in [1.165, 1.54) is 24.3 Å². The number of fused-ring (bicyclic) bond motifs is 1. The Bertz CT molecular complexity index is 833. The Morgan fingerprint density at radius 2 is 2.00 bits per heavy atom. The Morgan fingerprint density at radius 3 is 2.81 bits per heavy atom. The molecule has 0 unspecified atom stereocenters. The van der Waals surface area contributed by atoms with Crippen LogP contribution in [0.15, 0.2) is 54.7 Å². The predicted molar refractivity (Wildman–Crippen MR) is 78.4 cm³/mol. The normalized spacial score (nSPS) is 10.5. The summed E-state index contributed by atoms with van der Waals surface area (Å²) in [4.78, 5) is 15.2. The number of nitrogens with zero attached hydrogens (tertiary/aromatic N) is 1. The van der Waals surface area contributed by atoms with E-state index in [1.54, 1.807) is 30.5 Å². The fourth-order valence-electron chi connectivity index (χ4n) is 2.11. The molecule has 5 heteroatoms. The van der Waals surface area contributed by atoms with Crippen LogP contribution in [-0.2, 0) is 0 Å². The highest BCUT2D eigenvalue weighted by atomic mass is 19.1. The Kier molecular flexibility index (Phi) is 3.23. The van der Waals surface area contributed by atoms with Gasteiger partial charge in [-0.15, -0.1) is 0 Å². The van der Waals surface area contributed by atoms with Gasteiger partial charge in [0.2, 0.25) is 0 Å². The fraction of sp³-hybridized carbons (Fsp3) is 0. The van der Waals surface area contributed by atoms with E-state index in [-0.39, 0.29) is 11.4 Å². The summed E-state index contributed by atoms with van der Waals surface area (Å²) in [5.74, 6) is -0.872. The van der Waals surface area contributed by atoms with Crippen molar-refractivity contribution < 1.29 is 14.3 Å². The highest BCUT2D eigenvalue weighted by Crippen LogP contribution is 2.25. The number of aromatic carboxylic acids is 1. The van der Waals surface area contributed by atoms with E-state index in [1.807, 2.05) is 0 Å². The molecule has 0 radical (unpaired) electrons. The van der Waals surface area contributed by atoms with Gasteiger partial charge < -0.3 is 10.4 Å². The third-order valence-electron chi connectivity index (χ3n) is 3.10. The summed E-state index contributed by atoms with van der Waals surface area (Å²) in [5, 5.41) is 13.5. The van der Waals surface area contributed by atoms with Gasteiger partial charge in [-0.1, -0.05) is 12.1 Å². The Balaban J connectivity index is 2.04. The average molecular weight is 282 g/mol. The second-order valence-electron chi connectivity index (χ2n) is 4.54. The maximum absolute atomic E-state index is 13.4. The lowest BCUT2D eigenvalue weighted by molar-refractivity contribution is 0.0697. The number of pyridine rings is 1. The molecule has 0 fully saturated rings. The van der Waals surface area contributed by atoms with E-state index in [2.05, 4.69) is 10.3 Å². The number of aromatic nitrogens is 1. The van der Waals surface area contributed by atoms with Crippen LogP contribution in [0.3, 0.4) is 0 Å². The molecule has 104 valence electrons. The van der Waals surface area contributed by atoms with Gasteiger partial charge >= 0.3 is 5.97 Å². The fourth-order valence-corrected chi connectivity index (χ4v) is 2.11. The molecule has 0 amide bonds. The van der Waals surface area contributed by atoms with Crippen LogP contribution in [0.1, 0.15) is 10.4 Å². The van der Waals surface area contributed by atoms with Crippen LogP contribution in [0.25, 0.3) is 10.8 Å². The number of rotatable bonds is 3. The third-order valence-corrected chi connectivity index (χ3v) is 3.10. The summed E-state index contributed by atoms with van der Waals surface area (Å²) >= 11 is 0. The molecule has 1 heterocycles. The standard InChI is InChI=1S/C16H11FN2O2/c17-12-5-4-10-6-7-18-15(14(10)9-12)19-13-3-1-2-11(8-13)16(20)21/h1-9H,(H,18,19)(H,20,21). The zero-order valence-electron chi connectivity index (χ0n) is 10.9. The van der Waals surface area contributed by atoms with Crippen LogP contribution in [0.2, 0.25) is 0 Å². The number of hydrogen-bond donors (Lipinski definition) is 2. The molecule has 3 rings (SSSR count). The Morgan fingerprint density at radius 1 is 1.14 bits per heavy atom. The van der Waals surface area contributed by atoms with E-state index in [4.69, 9.17) is 5.11 Å². The van der Waals surface area contributed by atoms with Gasteiger partial charge in [-0.25, -0.2) is 14.2 Å². The molecule has 0 aliphatic carbocycles. The van der Waals surface area contributed by atoms with Crippen molar-refractivity contribution >= 4 is 28.2 Å². The van der Waals surface area contributed by atoms with E-state index in [0.29, 0.717) is 16.9 Å². The minimum atomic E-state index is -1.00. The Hall–Kier alpha value is -2.95. The highest BCUT2D eigenvalue weighted by molar-refractivity contribution is 5.94. The summed E-state index contributed by atoms with van der Waals surface area (Å²) in [6.07, 6.45) is 1.61. The van der Waals surface area contributed by atoms with E-state index >= 15 is 0 Å². The third kappa shape index (κ3) is 2.67. The second kappa shape index (κ2) is 5.20. The van der Waals surface area contributed by atoms with Crippen LogP contribution in [0.4, 0.5) is 15.9 Å². The van der Waals surface area contributed by atoms with Gasteiger partial charge in [0.05, 0.1) is 5.56 Å². The van der Waals surface area contributed by atoms with Gasteiger partial charge in [0.1, 0.15) is 11.6 Å². The van der Waals surface area contributed by atoms with Gasteiger partial charge in [0.25, 0.3) is 0 Å². The van der Waals surface area contributed by atoms with Crippen LogP contribution in [-0.4, -0.2) is 16.1 Å².